The van der Waals surface area contributed by atoms with Gasteiger partial charge in [-0.05, 0) is 26.1 Å². The second kappa shape index (κ2) is 4.23. The van der Waals surface area contributed by atoms with Crippen LogP contribution in [-0.2, 0) is 6.54 Å². The van der Waals surface area contributed by atoms with Crippen molar-refractivity contribution in [3.63, 3.8) is 0 Å². The number of nitrogens with one attached hydrogen (secondary N) is 2. The van der Waals surface area contributed by atoms with Gasteiger partial charge in [0.05, 0.1) is 17.6 Å². The fourth-order valence-corrected chi connectivity index (χ4v) is 1.18. The predicted molar refractivity (Wildman–Crippen MR) is 57.9 cm³/mol. The molecule has 1 aromatic heterocycles. The van der Waals surface area contributed by atoms with Crippen molar-refractivity contribution in [1.82, 2.24) is 15.1 Å². The number of aromatic nitrogens is 2. The largest absolute Gasteiger partial charge is 0.366 e. The van der Waals surface area contributed by atoms with E-state index in [2.05, 4.69) is 22.7 Å². The molecule has 0 atom stereocenters. The summed E-state index contributed by atoms with van der Waals surface area (Å²) in [5.41, 5.74) is 2.06. The molecule has 0 saturated heterocycles. The van der Waals surface area contributed by atoms with E-state index in [9.17, 15) is 0 Å². The maximum absolute atomic E-state index is 4.98. The average molecular weight is 198 g/mol. The van der Waals surface area contributed by atoms with Crippen LogP contribution in [0.25, 0.3) is 0 Å². The van der Waals surface area contributed by atoms with E-state index >= 15 is 0 Å². The number of rotatable bonds is 2. The summed E-state index contributed by atoms with van der Waals surface area (Å²) in [6.45, 7) is 4.94. The third-order valence-corrected chi connectivity index (χ3v) is 2.18. The molecule has 72 valence electrons. The van der Waals surface area contributed by atoms with Crippen molar-refractivity contribution in [3.8, 4) is 0 Å². The zero-order chi connectivity index (χ0) is 9.84. The second-order valence-corrected chi connectivity index (χ2v) is 3.07. The molecule has 0 fully saturated rings. The summed E-state index contributed by atoms with van der Waals surface area (Å²) in [5.74, 6) is 0. The Labute approximate surface area is 83.3 Å². The lowest BCUT2D eigenvalue weighted by molar-refractivity contribution is 0.640. The summed E-state index contributed by atoms with van der Waals surface area (Å²) in [6.07, 6.45) is 1.78. The first-order chi connectivity index (χ1) is 6.19. The number of aryl methyl sites for hydroxylation is 1. The maximum Gasteiger partial charge on any atom is 0.170 e. The SMILES string of the molecule is CCn1ncc(NC(=S)NC)c1C. The number of hydrogen-bond acceptors (Lipinski definition) is 2. The Morgan fingerprint density at radius 2 is 2.38 bits per heavy atom. The zero-order valence-electron chi connectivity index (χ0n) is 8.09. The van der Waals surface area contributed by atoms with Crippen LogP contribution in [0.4, 0.5) is 5.69 Å². The molecular formula is C8H14N4S. The summed E-state index contributed by atoms with van der Waals surface area (Å²) in [6, 6.07) is 0. The van der Waals surface area contributed by atoms with Gasteiger partial charge in [0, 0.05) is 13.6 Å². The van der Waals surface area contributed by atoms with Crippen molar-refractivity contribution in [1.29, 1.82) is 0 Å². The first-order valence-electron chi connectivity index (χ1n) is 4.20. The van der Waals surface area contributed by atoms with Crippen LogP contribution >= 0.6 is 12.2 Å². The Morgan fingerprint density at radius 1 is 1.69 bits per heavy atom. The van der Waals surface area contributed by atoms with Crippen molar-refractivity contribution in [2.24, 2.45) is 0 Å². The standard InChI is InChI=1S/C8H14N4S/c1-4-12-6(2)7(5-10-12)11-8(13)9-3/h5H,4H2,1-3H3,(H2,9,11,13). The van der Waals surface area contributed by atoms with E-state index in [1.165, 1.54) is 0 Å². The minimum absolute atomic E-state index is 0.610. The molecule has 0 aliphatic carbocycles. The number of hydrogen-bond donors (Lipinski definition) is 2. The van der Waals surface area contributed by atoms with Gasteiger partial charge in [-0.25, -0.2) is 0 Å². The summed E-state index contributed by atoms with van der Waals surface area (Å²) < 4.78 is 1.92. The first-order valence-corrected chi connectivity index (χ1v) is 4.61. The molecule has 0 radical (unpaired) electrons. The Bertz CT molecular complexity index is 305. The molecule has 1 heterocycles. The molecule has 0 saturated carbocycles. The van der Waals surface area contributed by atoms with Gasteiger partial charge in [-0.3, -0.25) is 4.68 Å². The molecule has 2 N–H and O–H groups in total. The summed E-state index contributed by atoms with van der Waals surface area (Å²) in [4.78, 5) is 0. The first kappa shape index (κ1) is 9.98. The quantitative estimate of drug-likeness (QED) is 0.699. The lowest BCUT2D eigenvalue weighted by Gasteiger charge is -2.06. The van der Waals surface area contributed by atoms with Crippen LogP contribution in [0.2, 0.25) is 0 Å². The molecule has 4 nitrogen and oxygen atoms in total. The topological polar surface area (TPSA) is 41.9 Å². The third-order valence-electron chi connectivity index (χ3n) is 1.88. The average Bonchev–Trinajstić information content (AvgIpc) is 2.48. The van der Waals surface area contributed by atoms with E-state index < -0.39 is 0 Å². The van der Waals surface area contributed by atoms with Gasteiger partial charge < -0.3 is 10.6 Å². The van der Waals surface area contributed by atoms with E-state index in [0.29, 0.717) is 5.11 Å². The highest BCUT2D eigenvalue weighted by Gasteiger charge is 2.04. The van der Waals surface area contributed by atoms with Gasteiger partial charge in [0.1, 0.15) is 0 Å². The maximum atomic E-state index is 4.98. The molecule has 1 aromatic rings. The summed E-state index contributed by atoms with van der Waals surface area (Å²) in [7, 11) is 1.79. The molecule has 0 spiro atoms. The lowest BCUT2D eigenvalue weighted by atomic mass is 10.4. The van der Waals surface area contributed by atoms with Crippen LogP contribution in [0.5, 0.6) is 0 Å². The van der Waals surface area contributed by atoms with Gasteiger partial charge >= 0.3 is 0 Å². The lowest BCUT2D eigenvalue weighted by Crippen LogP contribution is -2.24. The Hall–Kier alpha value is -1.10. The molecule has 0 aliphatic heterocycles. The van der Waals surface area contributed by atoms with E-state index in [-0.39, 0.29) is 0 Å². The highest BCUT2D eigenvalue weighted by atomic mass is 32.1. The van der Waals surface area contributed by atoms with Gasteiger partial charge in [0.25, 0.3) is 0 Å². The van der Waals surface area contributed by atoms with Crippen molar-refractivity contribution >= 4 is 23.0 Å². The number of anilines is 1. The monoisotopic (exact) mass is 198 g/mol. The molecular weight excluding hydrogens is 184 g/mol. The van der Waals surface area contributed by atoms with Gasteiger partial charge in [0.15, 0.2) is 5.11 Å². The van der Waals surface area contributed by atoms with E-state index in [1.54, 1.807) is 13.2 Å². The van der Waals surface area contributed by atoms with Crippen LogP contribution in [0.15, 0.2) is 6.20 Å². The van der Waals surface area contributed by atoms with Gasteiger partial charge in [-0.1, -0.05) is 0 Å². The van der Waals surface area contributed by atoms with Gasteiger partial charge in [0.2, 0.25) is 0 Å². The predicted octanol–water partition coefficient (Wildman–Crippen LogP) is 1.13. The fraction of sp³-hybridized carbons (Fsp3) is 0.500. The number of nitrogens with zero attached hydrogens (tertiary/aromatic N) is 2. The highest BCUT2D eigenvalue weighted by molar-refractivity contribution is 7.80. The van der Waals surface area contributed by atoms with Crippen LogP contribution < -0.4 is 10.6 Å². The van der Waals surface area contributed by atoms with Crippen LogP contribution in [0.1, 0.15) is 12.6 Å². The molecule has 13 heavy (non-hydrogen) atoms. The number of thiocarbonyl (C=S) groups is 1. The molecule has 0 aliphatic rings. The zero-order valence-corrected chi connectivity index (χ0v) is 8.90. The van der Waals surface area contributed by atoms with E-state index in [1.807, 2.05) is 11.6 Å². The van der Waals surface area contributed by atoms with Crippen LogP contribution in [-0.4, -0.2) is 21.9 Å². The summed E-state index contributed by atoms with van der Waals surface area (Å²) in [5, 5.41) is 10.7. The molecule has 5 heteroatoms. The summed E-state index contributed by atoms with van der Waals surface area (Å²) >= 11 is 4.98. The van der Waals surface area contributed by atoms with Crippen LogP contribution in [0.3, 0.4) is 0 Å². The Morgan fingerprint density at radius 3 is 2.85 bits per heavy atom. The van der Waals surface area contributed by atoms with Crippen molar-refractivity contribution in [2.45, 2.75) is 20.4 Å². The minimum Gasteiger partial charge on any atom is -0.366 e. The minimum atomic E-state index is 0.610. The smallest absolute Gasteiger partial charge is 0.170 e. The molecule has 0 amide bonds. The second-order valence-electron chi connectivity index (χ2n) is 2.66. The van der Waals surface area contributed by atoms with Crippen molar-refractivity contribution in [3.05, 3.63) is 11.9 Å². The third kappa shape index (κ3) is 2.18. The molecule has 0 bridgehead atoms. The van der Waals surface area contributed by atoms with Gasteiger partial charge in [-0.2, -0.15) is 5.10 Å². The molecule has 1 rings (SSSR count). The van der Waals surface area contributed by atoms with Crippen molar-refractivity contribution < 1.29 is 0 Å². The van der Waals surface area contributed by atoms with E-state index in [0.717, 1.165) is 17.9 Å². The normalized spacial score (nSPS) is 9.77. The van der Waals surface area contributed by atoms with Gasteiger partial charge in [-0.15, -0.1) is 0 Å². The molecule has 0 aromatic carbocycles. The Balaban J connectivity index is 2.78. The van der Waals surface area contributed by atoms with Crippen molar-refractivity contribution in [2.75, 3.05) is 12.4 Å². The molecule has 0 unspecified atom stereocenters. The highest BCUT2D eigenvalue weighted by Crippen LogP contribution is 2.12. The van der Waals surface area contributed by atoms with Crippen LogP contribution in [0, 0.1) is 6.92 Å². The fourth-order valence-electron chi connectivity index (χ4n) is 1.07. The van der Waals surface area contributed by atoms with E-state index in [4.69, 9.17) is 12.2 Å². The Kier molecular flexibility index (Phi) is 3.25.